The van der Waals surface area contributed by atoms with Crippen molar-refractivity contribution in [2.45, 2.75) is 11.5 Å². The van der Waals surface area contributed by atoms with Crippen LogP contribution in [0.25, 0.3) is 21.5 Å². The smallest absolute Gasteiger partial charge is 0.0197 e. The quantitative estimate of drug-likeness (QED) is 0.508. The average Bonchev–Trinajstić information content (AvgIpc) is 2.86. The van der Waals surface area contributed by atoms with Gasteiger partial charge in [-0.15, -0.1) is 0 Å². The van der Waals surface area contributed by atoms with Crippen LogP contribution in [0.3, 0.4) is 0 Å². The molecule has 82 valence electrons. The van der Waals surface area contributed by atoms with Crippen molar-refractivity contribution in [2.75, 3.05) is 0 Å². The Morgan fingerprint density at radius 3 is 2.59 bits per heavy atom. The highest BCUT2D eigenvalue weighted by molar-refractivity contribution is 7.98. The zero-order valence-corrected chi connectivity index (χ0v) is 10.3. The molecule has 0 spiro atoms. The van der Waals surface area contributed by atoms with Gasteiger partial charge in [-0.3, -0.25) is 0 Å². The van der Waals surface area contributed by atoms with E-state index in [9.17, 15) is 0 Å². The molecule has 0 unspecified atom stereocenters. The number of thioether (sulfide) groups is 1. The summed E-state index contributed by atoms with van der Waals surface area (Å²) in [5.74, 6) is 2.35. The van der Waals surface area contributed by atoms with Crippen molar-refractivity contribution in [3.05, 3.63) is 59.7 Å². The van der Waals surface area contributed by atoms with Gasteiger partial charge >= 0.3 is 0 Å². The molecule has 1 aliphatic rings. The van der Waals surface area contributed by atoms with Crippen LogP contribution in [0.4, 0.5) is 0 Å². The third-order valence-electron chi connectivity index (χ3n) is 3.64. The van der Waals surface area contributed by atoms with Crippen molar-refractivity contribution in [1.29, 1.82) is 0 Å². The molecule has 17 heavy (non-hydrogen) atoms. The van der Waals surface area contributed by atoms with Crippen molar-refractivity contribution in [2.24, 2.45) is 0 Å². The van der Waals surface area contributed by atoms with Crippen LogP contribution >= 0.6 is 11.8 Å². The van der Waals surface area contributed by atoms with Gasteiger partial charge < -0.3 is 0 Å². The van der Waals surface area contributed by atoms with E-state index in [1.54, 1.807) is 5.56 Å². The lowest BCUT2D eigenvalue weighted by Gasteiger charge is -2.08. The number of rotatable bonds is 0. The highest BCUT2D eigenvalue weighted by atomic mass is 32.2. The van der Waals surface area contributed by atoms with E-state index in [1.807, 2.05) is 11.8 Å². The van der Waals surface area contributed by atoms with Crippen molar-refractivity contribution in [1.82, 2.24) is 0 Å². The molecule has 0 aromatic heterocycles. The lowest BCUT2D eigenvalue weighted by molar-refractivity contribution is 1.39. The first-order valence-electron chi connectivity index (χ1n) is 5.93. The average molecular weight is 236 g/mol. The van der Waals surface area contributed by atoms with Gasteiger partial charge in [-0.05, 0) is 32.7 Å². The number of hydrogen-bond acceptors (Lipinski definition) is 1. The Kier molecular flexibility index (Phi) is 1.97. The molecule has 4 rings (SSSR count). The van der Waals surface area contributed by atoms with E-state index in [1.165, 1.54) is 38.6 Å². The van der Waals surface area contributed by atoms with Crippen molar-refractivity contribution in [3.63, 3.8) is 0 Å². The van der Waals surface area contributed by atoms with Gasteiger partial charge in [-0.2, -0.15) is 11.8 Å². The maximum atomic E-state index is 2.31. The normalized spacial score (nSPS) is 14.4. The first kappa shape index (κ1) is 9.55. The van der Waals surface area contributed by atoms with Gasteiger partial charge in [0.1, 0.15) is 0 Å². The monoisotopic (exact) mass is 236 g/mol. The van der Waals surface area contributed by atoms with Gasteiger partial charge in [0.2, 0.25) is 0 Å². The minimum Gasteiger partial charge on any atom is -0.152 e. The highest BCUT2D eigenvalue weighted by Crippen LogP contribution is 2.37. The van der Waals surface area contributed by atoms with Crippen LogP contribution in [-0.2, 0) is 11.5 Å². The van der Waals surface area contributed by atoms with E-state index in [-0.39, 0.29) is 0 Å². The zero-order valence-electron chi connectivity index (χ0n) is 9.44. The summed E-state index contributed by atoms with van der Waals surface area (Å²) in [4.78, 5) is 0. The second kappa shape index (κ2) is 3.51. The molecule has 1 aliphatic heterocycles. The predicted octanol–water partition coefficient (Wildman–Crippen LogP) is 4.74. The largest absolute Gasteiger partial charge is 0.152 e. The Labute approximate surface area is 105 Å². The van der Waals surface area contributed by atoms with Crippen LogP contribution in [0.15, 0.2) is 48.5 Å². The molecule has 0 aliphatic carbocycles. The molecule has 0 amide bonds. The molecule has 0 saturated carbocycles. The lowest BCUT2D eigenvalue weighted by Crippen LogP contribution is -1.86. The second-order valence-corrected chi connectivity index (χ2v) is 5.56. The number of fused-ring (bicyclic) bond motifs is 5. The van der Waals surface area contributed by atoms with Gasteiger partial charge in [0, 0.05) is 11.5 Å². The molecule has 0 fully saturated rings. The maximum Gasteiger partial charge on any atom is 0.0197 e. The first-order valence-corrected chi connectivity index (χ1v) is 7.09. The fourth-order valence-electron chi connectivity index (χ4n) is 2.76. The van der Waals surface area contributed by atoms with E-state index in [0.29, 0.717) is 0 Å². The van der Waals surface area contributed by atoms with Gasteiger partial charge in [-0.25, -0.2) is 0 Å². The van der Waals surface area contributed by atoms with Gasteiger partial charge in [-0.1, -0.05) is 48.5 Å². The summed E-state index contributed by atoms with van der Waals surface area (Å²) in [5, 5.41) is 5.57. The molecule has 0 bridgehead atoms. The third kappa shape index (κ3) is 1.32. The second-order valence-electron chi connectivity index (χ2n) is 4.58. The van der Waals surface area contributed by atoms with Crippen LogP contribution in [0.2, 0.25) is 0 Å². The Morgan fingerprint density at radius 1 is 0.706 bits per heavy atom. The van der Waals surface area contributed by atoms with Gasteiger partial charge in [0.05, 0.1) is 0 Å². The third-order valence-corrected chi connectivity index (χ3v) is 4.65. The van der Waals surface area contributed by atoms with E-state index in [2.05, 4.69) is 48.5 Å². The molecule has 0 saturated heterocycles. The van der Waals surface area contributed by atoms with Crippen molar-refractivity contribution >= 4 is 33.3 Å². The topological polar surface area (TPSA) is 0 Å². The van der Waals surface area contributed by atoms with Crippen LogP contribution in [0.1, 0.15) is 11.1 Å². The highest BCUT2D eigenvalue weighted by Gasteiger charge is 2.14. The minimum absolute atomic E-state index is 1.17. The molecule has 3 aromatic carbocycles. The predicted molar refractivity (Wildman–Crippen MR) is 76.5 cm³/mol. The standard InChI is InChI=1S/C16H12S/c1-2-4-13-11(3-1)5-7-15-14(13)8-6-12-9-17-10-16(12)15/h1-8H,9-10H2. The van der Waals surface area contributed by atoms with Crippen LogP contribution in [0, 0.1) is 0 Å². The Morgan fingerprint density at radius 2 is 1.59 bits per heavy atom. The molecule has 1 heterocycles. The molecule has 3 aromatic rings. The van der Waals surface area contributed by atoms with Crippen LogP contribution < -0.4 is 0 Å². The van der Waals surface area contributed by atoms with Gasteiger partial charge in [0.25, 0.3) is 0 Å². The summed E-state index contributed by atoms with van der Waals surface area (Å²) in [6.07, 6.45) is 0. The first-order chi connectivity index (χ1) is 8.43. The lowest BCUT2D eigenvalue weighted by atomic mass is 9.96. The minimum atomic E-state index is 1.17. The van der Waals surface area contributed by atoms with Crippen LogP contribution in [-0.4, -0.2) is 0 Å². The molecule has 0 nitrogen and oxygen atoms in total. The fourth-order valence-corrected chi connectivity index (χ4v) is 3.90. The molecule has 0 atom stereocenters. The Bertz CT molecular complexity index is 728. The summed E-state index contributed by atoms with van der Waals surface area (Å²) in [5.41, 5.74) is 3.08. The Hall–Kier alpha value is -1.47. The van der Waals surface area contributed by atoms with Gasteiger partial charge in [0.15, 0.2) is 0 Å². The van der Waals surface area contributed by atoms with Crippen LogP contribution in [0.5, 0.6) is 0 Å². The number of hydrogen-bond donors (Lipinski definition) is 0. The summed E-state index contributed by atoms with van der Waals surface area (Å²) >= 11 is 2.02. The van der Waals surface area contributed by atoms with E-state index in [0.717, 1.165) is 0 Å². The van der Waals surface area contributed by atoms with Crippen molar-refractivity contribution < 1.29 is 0 Å². The fraction of sp³-hybridized carbons (Fsp3) is 0.125. The van der Waals surface area contributed by atoms with E-state index >= 15 is 0 Å². The SMILES string of the molecule is c1ccc2c(c1)ccc1c3c(ccc12)CSC3. The summed E-state index contributed by atoms with van der Waals surface area (Å²) in [6.45, 7) is 0. The zero-order chi connectivity index (χ0) is 11.2. The van der Waals surface area contributed by atoms with Crippen molar-refractivity contribution in [3.8, 4) is 0 Å². The summed E-state index contributed by atoms with van der Waals surface area (Å²) in [6, 6.07) is 17.8. The number of benzene rings is 3. The maximum absolute atomic E-state index is 2.31. The molecular formula is C16H12S. The Balaban J connectivity index is 2.22. The molecular weight excluding hydrogens is 224 g/mol. The molecule has 1 heteroatoms. The van der Waals surface area contributed by atoms with E-state index < -0.39 is 0 Å². The summed E-state index contributed by atoms with van der Waals surface area (Å²) < 4.78 is 0. The summed E-state index contributed by atoms with van der Waals surface area (Å²) in [7, 11) is 0. The van der Waals surface area contributed by atoms with E-state index in [4.69, 9.17) is 0 Å². The molecule has 0 N–H and O–H groups in total. The molecule has 0 radical (unpaired) electrons.